The summed E-state index contributed by atoms with van der Waals surface area (Å²) in [6.45, 7) is 2.05. The molecule has 0 bridgehead atoms. The van der Waals surface area contributed by atoms with Crippen LogP contribution in [0.1, 0.15) is 11.3 Å². The highest BCUT2D eigenvalue weighted by Crippen LogP contribution is 2.33. The summed E-state index contributed by atoms with van der Waals surface area (Å²) in [4.78, 5) is 29.5. The number of carbonyl (C=O) groups excluding carboxylic acids is 2. The Balaban J connectivity index is 1.42. The second kappa shape index (κ2) is 7.54. The van der Waals surface area contributed by atoms with E-state index in [-0.39, 0.29) is 18.2 Å². The van der Waals surface area contributed by atoms with Crippen LogP contribution in [-0.4, -0.2) is 22.6 Å². The van der Waals surface area contributed by atoms with Gasteiger partial charge in [-0.15, -0.1) is 23.1 Å². The molecule has 3 aromatic rings. The molecule has 0 saturated heterocycles. The molecule has 2 N–H and O–H groups in total. The third kappa shape index (κ3) is 4.20. The molecule has 0 radical (unpaired) electrons. The van der Waals surface area contributed by atoms with Crippen molar-refractivity contribution in [1.29, 1.82) is 0 Å². The molecule has 0 fully saturated rings. The Labute approximate surface area is 165 Å². The highest BCUT2D eigenvalue weighted by atomic mass is 32.2. The van der Waals surface area contributed by atoms with Crippen molar-refractivity contribution in [3.63, 3.8) is 0 Å². The number of rotatable bonds is 4. The number of aromatic nitrogens is 1. The maximum atomic E-state index is 12.4. The summed E-state index contributed by atoms with van der Waals surface area (Å²) < 4.78 is 0. The van der Waals surface area contributed by atoms with Gasteiger partial charge in [0.05, 0.1) is 23.6 Å². The predicted molar refractivity (Wildman–Crippen MR) is 110 cm³/mol. The van der Waals surface area contributed by atoms with Gasteiger partial charge in [0.1, 0.15) is 5.01 Å². The van der Waals surface area contributed by atoms with Crippen molar-refractivity contribution in [2.24, 2.45) is 0 Å². The molecule has 2 heterocycles. The van der Waals surface area contributed by atoms with Crippen molar-refractivity contribution in [3.8, 4) is 10.6 Å². The monoisotopic (exact) mass is 395 g/mol. The lowest BCUT2D eigenvalue weighted by Gasteiger charge is -2.17. The van der Waals surface area contributed by atoms with Gasteiger partial charge in [-0.3, -0.25) is 9.59 Å². The third-order valence-corrected chi connectivity index (χ3v) is 6.10. The number of aryl methyl sites for hydroxylation is 1. The molecule has 1 aromatic heterocycles. The molecule has 2 aromatic carbocycles. The van der Waals surface area contributed by atoms with Crippen LogP contribution >= 0.6 is 23.1 Å². The van der Waals surface area contributed by atoms with Crippen molar-refractivity contribution < 1.29 is 9.59 Å². The lowest BCUT2D eigenvalue weighted by atomic mass is 10.2. The van der Waals surface area contributed by atoms with Crippen LogP contribution in [0.2, 0.25) is 0 Å². The highest BCUT2D eigenvalue weighted by molar-refractivity contribution is 8.00. The minimum absolute atomic E-state index is 0.0258. The molecule has 0 saturated carbocycles. The molecule has 2 amide bonds. The maximum absolute atomic E-state index is 12.4. The molecule has 5 nitrogen and oxygen atoms in total. The van der Waals surface area contributed by atoms with Crippen LogP contribution in [-0.2, 0) is 16.0 Å². The number of nitrogens with one attached hydrogen (secondary N) is 2. The zero-order valence-electron chi connectivity index (χ0n) is 14.6. The lowest BCUT2D eigenvalue weighted by Crippen LogP contribution is -2.19. The van der Waals surface area contributed by atoms with Crippen LogP contribution in [0.5, 0.6) is 0 Å². The first-order valence-corrected chi connectivity index (χ1v) is 10.3. The van der Waals surface area contributed by atoms with Crippen molar-refractivity contribution in [1.82, 2.24) is 4.98 Å². The van der Waals surface area contributed by atoms with Gasteiger partial charge in [0.15, 0.2) is 0 Å². The van der Waals surface area contributed by atoms with Crippen molar-refractivity contribution in [3.05, 3.63) is 59.1 Å². The smallest absolute Gasteiger partial charge is 0.234 e. The van der Waals surface area contributed by atoms with E-state index in [9.17, 15) is 9.59 Å². The zero-order valence-corrected chi connectivity index (χ0v) is 16.2. The normalized spacial score (nSPS) is 13.0. The van der Waals surface area contributed by atoms with Gasteiger partial charge >= 0.3 is 0 Å². The minimum atomic E-state index is -0.134. The molecular formula is C20H17N3O2S2. The molecule has 1 aliphatic rings. The summed E-state index contributed by atoms with van der Waals surface area (Å²) in [5.74, 6) is 0.263. The van der Waals surface area contributed by atoms with E-state index in [1.807, 2.05) is 36.6 Å². The second-order valence-electron chi connectivity index (χ2n) is 6.28. The Morgan fingerprint density at radius 3 is 2.85 bits per heavy atom. The summed E-state index contributed by atoms with van der Waals surface area (Å²) in [5.41, 5.74) is 4.41. The number of anilines is 2. The molecule has 7 heteroatoms. The van der Waals surface area contributed by atoms with Crippen LogP contribution in [0, 0.1) is 6.92 Å². The SMILES string of the molecule is Cc1ccc(-c2nc(CC(=O)Nc3ccc4c(c3)NC(=O)CS4)cs2)cc1. The van der Waals surface area contributed by atoms with Gasteiger partial charge in [-0.1, -0.05) is 29.8 Å². The van der Waals surface area contributed by atoms with E-state index >= 15 is 0 Å². The molecular weight excluding hydrogens is 378 g/mol. The van der Waals surface area contributed by atoms with Gasteiger partial charge in [-0.25, -0.2) is 4.98 Å². The number of hydrogen-bond acceptors (Lipinski definition) is 5. The van der Waals surface area contributed by atoms with Crippen molar-refractivity contribution in [2.45, 2.75) is 18.2 Å². The van der Waals surface area contributed by atoms with Crippen LogP contribution in [0.4, 0.5) is 11.4 Å². The summed E-state index contributed by atoms with van der Waals surface area (Å²) in [7, 11) is 0. The van der Waals surface area contributed by atoms with Gasteiger partial charge in [0.2, 0.25) is 11.8 Å². The molecule has 27 heavy (non-hydrogen) atoms. The summed E-state index contributed by atoms with van der Waals surface area (Å²) in [6.07, 6.45) is 0.209. The standard InChI is InChI=1S/C20H17N3O2S2/c1-12-2-4-13(5-3-12)20-22-15(10-27-20)9-18(24)21-14-6-7-17-16(8-14)23-19(25)11-26-17/h2-8,10H,9,11H2,1H3,(H,21,24)(H,23,25). The van der Waals surface area contributed by atoms with E-state index in [2.05, 4.69) is 27.8 Å². The minimum Gasteiger partial charge on any atom is -0.326 e. The third-order valence-electron chi connectivity index (χ3n) is 4.09. The van der Waals surface area contributed by atoms with Crippen LogP contribution in [0.15, 0.2) is 52.7 Å². The van der Waals surface area contributed by atoms with Gasteiger partial charge in [-0.2, -0.15) is 0 Å². The fourth-order valence-corrected chi connectivity index (χ4v) is 4.36. The summed E-state index contributed by atoms with van der Waals surface area (Å²) in [6, 6.07) is 13.7. The van der Waals surface area contributed by atoms with Gasteiger partial charge in [-0.05, 0) is 25.1 Å². The maximum Gasteiger partial charge on any atom is 0.234 e. The Morgan fingerprint density at radius 1 is 1.22 bits per heavy atom. The van der Waals surface area contributed by atoms with Crippen LogP contribution < -0.4 is 10.6 Å². The first-order chi connectivity index (χ1) is 13.1. The Hall–Kier alpha value is -2.64. The number of benzene rings is 2. The number of fused-ring (bicyclic) bond motifs is 1. The number of amides is 2. The molecule has 0 aliphatic carbocycles. The van der Waals surface area contributed by atoms with Crippen LogP contribution in [0.3, 0.4) is 0 Å². The highest BCUT2D eigenvalue weighted by Gasteiger charge is 2.16. The Morgan fingerprint density at radius 2 is 2.04 bits per heavy atom. The van der Waals surface area contributed by atoms with E-state index in [1.54, 1.807) is 6.07 Å². The molecule has 0 spiro atoms. The van der Waals surface area contributed by atoms with Crippen molar-refractivity contribution in [2.75, 3.05) is 16.4 Å². The molecule has 4 rings (SSSR count). The fraction of sp³-hybridized carbons (Fsp3) is 0.150. The largest absolute Gasteiger partial charge is 0.326 e. The van der Waals surface area contributed by atoms with E-state index < -0.39 is 0 Å². The number of thioether (sulfide) groups is 1. The quantitative estimate of drug-likeness (QED) is 0.689. The van der Waals surface area contributed by atoms with Crippen molar-refractivity contribution >= 4 is 46.3 Å². The Kier molecular flexibility index (Phi) is 4.96. The second-order valence-corrected chi connectivity index (χ2v) is 8.16. The zero-order chi connectivity index (χ0) is 18.8. The number of carbonyl (C=O) groups is 2. The van der Waals surface area contributed by atoms with Crippen LogP contribution in [0.25, 0.3) is 10.6 Å². The van der Waals surface area contributed by atoms with E-state index in [0.29, 0.717) is 11.4 Å². The number of nitrogens with zero attached hydrogens (tertiary/aromatic N) is 1. The Bertz CT molecular complexity index is 1010. The van der Waals surface area contributed by atoms with Gasteiger partial charge in [0, 0.05) is 21.5 Å². The predicted octanol–water partition coefficient (Wildman–Crippen LogP) is 4.34. The van der Waals surface area contributed by atoms with E-state index in [0.717, 1.165) is 26.8 Å². The first kappa shape index (κ1) is 17.8. The van der Waals surface area contributed by atoms with Gasteiger partial charge in [0.25, 0.3) is 0 Å². The average Bonchev–Trinajstić information content (AvgIpc) is 3.10. The molecule has 0 unspecified atom stereocenters. The van der Waals surface area contributed by atoms with E-state index in [4.69, 9.17) is 0 Å². The fourth-order valence-electron chi connectivity index (χ4n) is 2.75. The topological polar surface area (TPSA) is 71.1 Å². The average molecular weight is 396 g/mol. The molecule has 136 valence electrons. The molecule has 0 atom stereocenters. The number of hydrogen-bond donors (Lipinski definition) is 2. The lowest BCUT2D eigenvalue weighted by molar-refractivity contribution is -0.115. The van der Waals surface area contributed by atoms with E-state index in [1.165, 1.54) is 28.7 Å². The number of thiazole rings is 1. The summed E-state index contributed by atoms with van der Waals surface area (Å²) in [5, 5.41) is 8.53. The first-order valence-electron chi connectivity index (χ1n) is 8.45. The van der Waals surface area contributed by atoms with Gasteiger partial charge < -0.3 is 10.6 Å². The summed E-state index contributed by atoms with van der Waals surface area (Å²) >= 11 is 3.03. The molecule has 1 aliphatic heterocycles.